The van der Waals surface area contributed by atoms with Gasteiger partial charge in [0.25, 0.3) is 0 Å². The number of likely N-dealkylation sites (tertiary alicyclic amines) is 1. The topological polar surface area (TPSA) is 239 Å². The summed E-state index contributed by atoms with van der Waals surface area (Å²) in [6.07, 6.45) is 6.97. The van der Waals surface area contributed by atoms with Crippen LogP contribution in [0.25, 0.3) is 54.8 Å². The van der Waals surface area contributed by atoms with Crippen LogP contribution in [0, 0.1) is 11.7 Å². The highest BCUT2D eigenvalue weighted by Crippen LogP contribution is 2.44. The minimum atomic E-state index is -0.697. The minimum absolute atomic E-state index is 0.00157. The molecule has 6 N–H and O–H groups in total. The number of hydrogen-bond donors (Lipinski definition) is 5. The first-order chi connectivity index (χ1) is 42.3. The van der Waals surface area contributed by atoms with Gasteiger partial charge in [-0.25, -0.2) is 19.2 Å². The third kappa shape index (κ3) is 14.9. The molecule has 1 aliphatic carbocycles. The van der Waals surface area contributed by atoms with Crippen LogP contribution in [0.3, 0.4) is 0 Å². The summed E-state index contributed by atoms with van der Waals surface area (Å²) >= 11 is 8.45. The fourth-order valence-corrected chi connectivity index (χ4v) is 13.1. The number of anilines is 2. The highest BCUT2D eigenvalue weighted by atomic mass is 35.5. The van der Waals surface area contributed by atoms with Gasteiger partial charge in [-0.1, -0.05) is 79.4 Å². The van der Waals surface area contributed by atoms with Crippen molar-refractivity contribution in [1.29, 1.82) is 0 Å². The molecular weight excluding hydrogens is 1150 g/mol. The Morgan fingerprint density at radius 2 is 1.51 bits per heavy atom. The van der Waals surface area contributed by atoms with Gasteiger partial charge in [-0.2, -0.15) is 4.98 Å². The lowest BCUT2D eigenvalue weighted by molar-refractivity contribution is -0.139. The Labute approximate surface area is 514 Å². The molecule has 2 saturated heterocycles. The molecule has 2 aromatic heterocycles. The van der Waals surface area contributed by atoms with Crippen LogP contribution >= 0.6 is 22.9 Å². The molecule has 20 nitrogen and oxygen atoms in total. The molecule has 5 amide bonds. The number of urea groups is 1. The number of nitrogens with two attached hydrogens (primary N) is 1. The fourth-order valence-electron chi connectivity index (χ4n) is 11.8. The van der Waals surface area contributed by atoms with E-state index >= 15 is 4.39 Å². The fraction of sp³-hybridized carbons (Fsp3) is 0.453. The van der Waals surface area contributed by atoms with E-state index in [0.29, 0.717) is 113 Å². The zero-order valence-corrected chi connectivity index (χ0v) is 51.1. The van der Waals surface area contributed by atoms with E-state index in [4.69, 9.17) is 46.3 Å². The number of halogens is 2. The van der Waals surface area contributed by atoms with Gasteiger partial charge in [0.1, 0.15) is 40.5 Å². The van der Waals surface area contributed by atoms with E-state index in [0.717, 1.165) is 77.7 Å². The number of piperazine rings is 1. The summed E-state index contributed by atoms with van der Waals surface area (Å²) in [5, 5.41) is 26.7. The molecule has 10 rings (SSSR count). The maximum absolute atomic E-state index is 17.0. The predicted molar refractivity (Wildman–Crippen MR) is 337 cm³/mol. The van der Waals surface area contributed by atoms with Crippen molar-refractivity contribution < 1.29 is 47.6 Å². The maximum Gasteiger partial charge on any atom is 0.314 e. The van der Waals surface area contributed by atoms with Crippen LogP contribution in [-0.2, 0) is 28.6 Å². The van der Waals surface area contributed by atoms with Crippen molar-refractivity contribution in [2.24, 2.45) is 11.7 Å². The van der Waals surface area contributed by atoms with Crippen LogP contribution in [0.15, 0.2) is 84.2 Å². The molecule has 4 heterocycles. The normalized spacial score (nSPS) is 16.4. The summed E-state index contributed by atoms with van der Waals surface area (Å²) in [7, 11) is 3.45. The van der Waals surface area contributed by atoms with Crippen molar-refractivity contribution in [1.82, 2.24) is 40.3 Å². The molecule has 7 aromatic rings. The maximum atomic E-state index is 17.0. The number of amides is 5. The number of carbonyl (C=O) groups excluding carboxylic acids is 4. The van der Waals surface area contributed by atoms with Gasteiger partial charge < -0.3 is 65.3 Å². The number of thiazole rings is 1. The molecule has 3 aliphatic rings. The van der Waals surface area contributed by atoms with Crippen molar-refractivity contribution in [3.05, 3.63) is 100 Å². The van der Waals surface area contributed by atoms with Crippen LogP contribution in [-0.4, -0.2) is 177 Å². The highest BCUT2D eigenvalue weighted by molar-refractivity contribution is 7.10. The summed E-state index contributed by atoms with van der Waals surface area (Å²) in [4.78, 5) is 74.2. The number of carbonyl (C=O) groups is 4. The van der Waals surface area contributed by atoms with Crippen LogP contribution in [0.5, 0.6) is 11.5 Å². The largest absolute Gasteiger partial charge is 0.508 e. The number of fused-ring (bicyclic) bond motifs is 3. The molecule has 87 heavy (non-hydrogen) atoms. The number of phenols is 1. The zero-order valence-electron chi connectivity index (χ0n) is 49.5. The summed E-state index contributed by atoms with van der Waals surface area (Å²) in [6, 6.07) is 22.5. The van der Waals surface area contributed by atoms with E-state index in [1.807, 2.05) is 71.3 Å². The lowest BCUT2D eigenvalue weighted by Gasteiger charge is -2.35. The van der Waals surface area contributed by atoms with Gasteiger partial charge in [0.05, 0.1) is 62.4 Å². The van der Waals surface area contributed by atoms with Crippen LogP contribution < -0.4 is 31.3 Å². The van der Waals surface area contributed by atoms with Crippen molar-refractivity contribution >= 4 is 90.9 Å². The number of hydrogen-bond acceptors (Lipinski definition) is 16. The first-order valence-corrected chi connectivity index (χ1v) is 31.3. The van der Waals surface area contributed by atoms with Crippen molar-refractivity contribution in [2.45, 2.75) is 76.4 Å². The van der Waals surface area contributed by atoms with Crippen LogP contribution in [0.2, 0.25) is 5.02 Å². The summed E-state index contributed by atoms with van der Waals surface area (Å²) in [5.74, 6) is 0.326. The first-order valence-electron chi connectivity index (χ1n) is 30.1. The molecule has 3 fully saturated rings. The number of rotatable bonds is 26. The van der Waals surface area contributed by atoms with Crippen molar-refractivity contribution in [3.63, 3.8) is 0 Å². The molecule has 0 spiro atoms. The molecule has 2 aliphatic heterocycles. The molecule has 3 atom stereocenters. The molecule has 462 valence electrons. The predicted octanol–water partition coefficient (Wildman–Crippen LogP) is 9.15. The van der Waals surface area contributed by atoms with Gasteiger partial charge in [0.15, 0.2) is 5.82 Å². The van der Waals surface area contributed by atoms with E-state index < -0.39 is 23.9 Å². The number of likely N-dealkylation sites (N-methyl/N-ethyl adjacent to an activating group) is 2. The second kappa shape index (κ2) is 29.5. The Balaban J connectivity index is 0.646. The standard InChI is InChI=1S/C64H77ClFN11O9S/c1-40(68-2)60(80)71-57(41-12-5-4-6-13-41)62(81)77-23-11-18-52(77)61-70-51(39-87-61)46-19-20-53(47-17-10-9-16-45(46)47)86-35-34-85-33-32-84-31-30-83-29-28-74(3)54(79)21-22-69-64-72-58-49(59(73-64)75-24-26-76(27-25-75)63(67)82)38-50(65)55(56(58)66)48-37-43(78)36-42-14-7-8-15-44(42)48/h7-10,14-17,19-20,36-41,52,57,68,78H,4-6,11-13,18,21-35H2,1-3H3,(H2,67,82)(H,71,80)(H,69,72,73)/t40-,52-,57?/m0/s1. The SMILES string of the molecule is CN[C@@H](C)C(=O)NC(C(=O)N1CCC[C@H]1c1nc(-c2ccc(OCCOCCOCCOCCN(C)C(=O)CCNc3nc(N4CCN(C(N)=O)CC4)c4cc(Cl)c(-c5cc(O)cc6ccccc56)c(F)c4n3)c3ccccc23)cs1)C1CCCCC1. The lowest BCUT2D eigenvalue weighted by Crippen LogP contribution is -2.55. The van der Waals surface area contributed by atoms with E-state index in [1.54, 1.807) is 42.5 Å². The van der Waals surface area contributed by atoms with Gasteiger partial charge >= 0.3 is 6.03 Å². The second-order valence-electron chi connectivity index (χ2n) is 22.3. The number of phenolic OH excluding ortho intramolecular Hbond substituents is 1. The van der Waals surface area contributed by atoms with Gasteiger partial charge in [-0.05, 0) is 97.6 Å². The summed E-state index contributed by atoms with van der Waals surface area (Å²) in [6.45, 7) is 6.81. The second-order valence-corrected chi connectivity index (χ2v) is 23.6. The molecule has 0 bridgehead atoms. The third-order valence-electron chi connectivity index (χ3n) is 16.7. The van der Waals surface area contributed by atoms with E-state index in [9.17, 15) is 24.3 Å². The number of primary amides is 1. The number of nitrogens with one attached hydrogen (secondary N) is 3. The summed E-state index contributed by atoms with van der Waals surface area (Å²) < 4.78 is 40.5. The average molecular weight is 1230 g/mol. The number of aromatic hydroxyl groups is 1. The molecule has 1 saturated carbocycles. The van der Waals surface area contributed by atoms with Gasteiger partial charge in [0, 0.05) is 86.6 Å². The van der Waals surface area contributed by atoms with Gasteiger partial charge in [0.2, 0.25) is 23.7 Å². The van der Waals surface area contributed by atoms with Crippen LogP contribution in [0.1, 0.15) is 69.3 Å². The monoisotopic (exact) mass is 1230 g/mol. The first kappa shape index (κ1) is 62.6. The molecule has 1 unspecified atom stereocenters. The number of ether oxygens (including phenoxy) is 4. The van der Waals surface area contributed by atoms with Gasteiger partial charge in [-0.15, -0.1) is 11.3 Å². The smallest absolute Gasteiger partial charge is 0.314 e. The third-order valence-corrected chi connectivity index (χ3v) is 18.0. The Kier molecular flexibility index (Phi) is 21.2. The number of aromatic nitrogens is 3. The zero-order chi connectivity index (χ0) is 61.0. The molecular formula is C64H77ClFN11O9S. The molecule has 23 heteroatoms. The van der Waals surface area contributed by atoms with E-state index in [-0.39, 0.29) is 70.4 Å². The van der Waals surface area contributed by atoms with E-state index in [2.05, 4.69) is 32.4 Å². The van der Waals surface area contributed by atoms with Gasteiger partial charge in [-0.3, -0.25) is 14.4 Å². The lowest BCUT2D eigenvalue weighted by atomic mass is 9.83. The number of nitrogens with zero attached hydrogens (tertiary/aromatic N) is 7. The summed E-state index contributed by atoms with van der Waals surface area (Å²) in [5.41, 5.74) is 7.87. The van der Waals surface area contributed by atoms with E-state index in [1.165, 1.54) is 11.0 Å². The van der Waals surface area contributed by atoms with Crippen molar-refractivity contribution in [2.75, 3.05) is 116 Å². The Morgan fingerprint density at radius 1 is 0.805 bits per heavy atom. The minimum Gasteiger partial charge on any atom is -0.508 e. The van der Waals surface area contributed by atoms with Crippen molar-refractivity contribution in [3.8, 4) is 33.9 Å². The Hall–Kier alpha value is -7.47. The number of benzene rings is 5. The molecule has 5 aromatic carbocycles. The Bertz CT molecular complexity index is 3570. The molecule has 0 radical (unpaired) electrons. The Morgan fingerprint density at radius 3 is 2.24 bits per heavy atom. The average Bonchev–Trinajstić information content (AvgIpc) is 1.46. The highest BCUT2D eigenvalue weighted by Gasteiger charge is 2.40. The quantitative estimate of drug-likeness (QED) is 0.0318. The van der Waals surface area contributed by atoms with Crippen LogP contribution in [0.4, 0.5) is 21.0 Å².